The second kappa shape index (κ2) is 5.58. The summed E-state index contributed by atoms with van der Waals surface area (Å²) in [5.41, 5.74) is 6.25. The first-order valence-electron chi connectivity index (χ1n) is 5.70. The van der Waals surface area contributed by atoms with Gasteiger partial charge in [0.2, 0.25) is 0 Å². The Morgan fingerprint density at radius 2 is 1.90 bits per heavy atom. The van der Waals surface area contributed by atoms with E-state index in [0.717, 1.165) is 16.1 Å². The van der Waals surface area contributed by atoms with E-state index in [2.05, 4.69) is 21.2 Å². The van der Waals surface area contributed by atoms with Gasteiger partial charge in [0, 0.05) is 16.2 Å². The molecule has 1 amide bonds. The average molecular weight is 341 g/mol. The van der Waals surface area contributed by atoms with E-state index in [1.165, 1.54) is 0 Å². The van der Waals surface area contributed by atoms with Crippen molar-refractivity contribution < 1.29 is 13.6 Å². The molecule has 0 spiro atoms. The van der Waals surface area contributed by atoms with Gasteiger partial charge in [0.05, 0.1) is 11.3 Å². The highest BCUT2D eigenvalue weighted by molar-refractivity contribution is 9.10. The van der Waals surface area contributed by atoms with Crippen LogP contribution in [0, 0.1) is 18.6 Å². The van der Waals surface area contributed by atoms with Crippen LogP contribution in [-0.2, 0) is 0 Å². The average Bonchev–Trinajstić information content (AvgIpc) is 2.38. The molecular weight excluding hydrogens is 330 g/mol. The first-order valence-corrected chi connectivity index (χ1v) is 6.50. The van der Waals surface area contributed by atoms with Crippen molar-refractivity contribution in [2.24, 2.45) is 0 Å². The van der Waals surface area contributed by atoms with Crippen molar-refractivity contribution >= 4 is 33.2 Å². The molecule has 0 bridgehead atoms. The predicted molar refractivity (Wildman–Crippen MR) is 77.6 cm³/mol. The van der Waals surface area contributed by atoms with Crippen LogP contribution in [0.4, 0.5) is 20.2 Å². The summed E-state index contributed by atoms with van der Waals surface area (Å²) in [4.78, 5) is 12.0. The summed E-state index contributed by atoms with van der Waals surface area (Å²) in [6.45, 7) is 1.90. The van der Waals surface area contributed by atoms with Gasteiger partial charge in [-0.25, -0.2) is 8.78 Å². The molecule has 2 aromatic carbocycles. The van der Waals surface area contributed by atoms with Gasteiger partial charge < -0.3 is 11.1 Å². The molecule has 3 N–H and O–H groups in total. The fourth-order valence-corrected chi connectivity index (χ4v) is 1.99. The van der Waals surface area contributed by atoms with Crippen LogP contribution < -0.4 is 11.1 Å². The first kappa shape index (κ1) is 14.5. The molecule has 2 aromatic rings. The number of amides is 1. The van der Waals surface area contributed by atoms with Crippen LogP contribution in [0.15, 0.2) is 34.8 Å². The Bertz CT molecular complexity index is 689. The first-order chi connectivity index (χ1) is 9.38. The maximum absolute atomic E-state index is 13.6. The molecule has 0 heterocycles. The Labute approximate surface area is 122 Å². The number of anilines is 2. The number of carbonyl (C=O) groups excluding carboxylic acids is 1. The molecule has 0 aliphatic heterocycles. The van der Waals surface area contributed by atoms with E-state index in [1.54, 1.807) is 18.2 Å². The fraction of sp³-hybridized carbons (Fsp3) is 0.0714. The fourth-order valence-electron chi connectivity index (χ4n) is 1.61. The van der Waals surface area contributed by atoms with Gasteiger partial charge in [-0.2, -0.15) is 0 Å². The SMILES string of the molecule is Cc1ccc(NC(=O)c2cc(N)c(F)cc2F)cc1Br. The number of rotatable bonds is 2. The van der Waals surface area contributed by atoms with E-state index in [0.29, 0.717) is 11.8 Å². The zero-order valence-corrected chi connectivity index (χ0v) is 12.1. The Kier molecular flexibility index (Phi) is 4.04. The monoisotopic (exact) mass is 340 g/mol. The number of benzene rings is 2. The smallest absolute Gasteiger partial charge is 0.258 e. The summed E-state index contributed by atoms with van der Waals surface area (Å²) >= 11 is 3.33. The molecular formula is C14H11BrF2N2O. The predicted octanol–water partition coefficient (Wildman–Crippen LogP) is 3.87. The van der Waals surface area contributed by atoms with E-state index >= 15 is 0 Å². The minimum atomic E-state index is -0.958. The second-order valence-corrected chi connectivity index (χ2v) is 5.13. The van der Waals surface area contributed by atoms with Crippen LogP contribution in [0.3, 0.4) is 0 Å². The highest BCUT2D eigenvalue weighted by Gasteiger charge is 2.15. The van der Waals surface area contributed by atoms with E-state index < -0.39 is 17.5 Å². The van der Waals surface area contributed by atoms with Gasteiger partial charge in [0.1, 0.15) is 11.6 Å². The number of aryl methyl sites for hydroxylation is 1. The van der Waals surface area contributed by atoms with Crippen molar-refractivity contribution in [1.29, 1.82) is 0 Å². The van der Waals surface area contributed by atoms with Gasteiger partial charge in [0.25, 0.3) is 5.91 Å². The summed E-state index contributed by atoms with van der Waals surface area (Å²) in [7, 11) is 0. The Balaban J connectivity index is 2.28. The highest BCUT2D eigenvalue weighted by atomic mass is 79.9. The van der Waals surface area contributed by atoms with Gasteiger partial charge in [-0.1, -0.05) is 22.0 Å². The topological polar surface area (TPSA) is 55.1 Å². The van der Waals surface area contributed by atoms with Crippen LogP contribution in [-0.4, -0.2) is 5.91 Å². The number of halogens is 3. The molecule has 0 atom stereocenters. The van der Waals surface area contributed by atoms with E-state index in [1.807, 2.05) is 6.92 Å². The van der Waals surface area contributed by atoms with Crippen LogP contribution in [0.25, 0.3) is 0 Å². The summed E-state index contributed by atoms with van der Waals surface area (Å²) < 4.78 is 27.4. The molecule has 2 rings (SSSR count). The van der Waals surface area contributed by atoms with Crippen molar-refractivity contribution in [1.82, 2.24) is 0 Å². The summed E-state index contributed by atoms with van der Waals surface area (Å²) in [5, 5.41) is 2.53. The van der Waals surface area contributed by atoms with Crippen molar-refractivity contribution in [3.63, 3.8) is 0 Å². The molecule has 0 aliphatic rings. The summed E-state index contributed by atoms with van der Waals surface area (Å²) in [6, 6.07) is 6.74. The molecule has 3 nitrogen and oxygen atoms in total. The van der Waals surface area contributed by atoms with Crippen LogP contribution >= 0.6 is 15.9 Å². The van der Waals surface area contributed by atoms with Gasteiger partial charge in [0.15, 0.2) is 0 Å². The van der Waals surface area contributed by atoms with E-state index in [4.69, 9.17) is 5.73 Å². The maximum Gasteiger partial charge on any atom is 0.258 e. The van der Waals surface area contributed by atoms with E-state index in [9.17, 15) is 13.6 Å². The zero-order chi connectivity index (χ0) is 14.9. The molecule has 0 aliphatic carbocycles. The number of hydrogen-bond acceptors (Lipinski definition) is 2. The normalized spacial score (nSPS) is 10.4. The standard InChI is InChI=1S/C14H11BrF2N2O/c1-7-2-3-8(4-10(7)15)19-14(20)9-5-13(18)12(17)6-11(9)16/h2-6H,18H2,1H3,(H,19,20). The zero-order valence-electron chi connectivity index (χ0n) is 10.5. The second-order valence-electron chi connectivity index (χ2n) is 4.27. The Morgan fingerprint density at radius 1 is 1.20 bits per heavy atom. The molecule has 0 aromatic heterocycles. The van der Waals surface area contributed by atoms with Crippen molar-refractivity contribution in [3.8, 4) is 0 Å². The lowest BCUT2D eigenvalue weighted by atomic mass is 10.1. The van der Waals surface area contributed by atoms with Gasteiger partial charge in [-0.15, -0.1) is 0 Å². The Hall–Kier alpha value is -1.95. The molecule has 0 saturated carbocycles. The molecule has 0 saturated heterocycles. The third-order valence-corrected chi connectivity index (χ3v) is 3.62. The van der Waals surface area contributed by atoms with Crippen LogP contribution in [0.5, 0.6) is 0 Å². The lowest BCUT2D eigenvalue weighted by Gasteiger charge is -2.08. The van der Waals surface area contributed by atoms with Crippen molar-refractivity contribution in [2.75, 3.05) is 11.1 Å². The molecule has 0 unspecified atom stereocenters. The van der Waals surface area contributed by atoms with Gasteiger partial charge in [-0.05, 0) is 30.7 Å². The minimum absolute atomic E-state index is 0.276. The lowest BCUT2D eigenvalue weighted by Crippen LogP contribution is -2.14. The van der Waals surface area contributed by atoms with Gasteiger partial charge in [-0.3, -0.25) is 4.79 Å². The third-order valence-electron chi connectivity index (χ3n) is 2.76. The summed E-state index contributed by atoms with van der Waals surface area (Å²) in [5.74, 6) is -2.54. The van der Waals surface area contributed by atoms with Crippen molar-refractivity contribution in [3.05, 3.63) is 57.6 Å². The number of nitrogens with two attached hydrogens (primary N) is 1. The largest absolute Gasteiger partial charge is 0.396 e. The summed E-state index contributed by atoms with van der Waals surface area (Å²) in [6.07, 6.45) is 0. The molecule has 104 valence electrons. The number of nitrogens with one attached hydrogen (secondary N) is 1. The Morgan fingerprint density at radius 3 is 2.55 bits per heavy atom. The molecule has 0 fully saturated rings. The number of nitrogen functional groups attached to an aromatic ring is 1. The molecule has 6 heteroatoms. The van der Waals surface area contributed by atoms with Crippen molar-refractivity contribution in [2.45, 2.75) is 6.92 Å². The third kappa shape index (κ3) is 2.96. The molecule has 20 heavy (non-hydrogen) atoms. The highest BCUT2D eigenvalue weighted by Crippen LogP contribution is 2.22. The van der Waals surface area contributed by atoms with Crippen LogP contribution in [0.1, 0.15) is 15.9 Å². The number of hydrogen-bond donors (Lipinski definition) is 2. The maximum atomic E-state index is 13.6. The van der Waals surface area contributed by atoms with E-state index in [-0.39, 0.29) is 11.3 Å². The molecule has 0 radical (unpaired) electrons. The lowest BCUT2D eigenvalue weighted by molar-refractivity contribution is 0.102. The quantitative estimate of drug-likeness (QED) is 0.815. The van der Waals surface area contributed by atoms with Crippen LogP contribution in [0.2, 0.25) is 0 Å². The minimum Gasteiger partial charge on any atom is -0.396 e. The number of carbonyl (C=O) groups is 1. The van der Waals surface area contributed by atoms with Gasteiger partial charge >= 0.3 is 0 Å².